The highest BCUT2D eigenvalue weighted by atomic mass is 16.7. The van der Waals surface area contributed by atoms with Crippen LogP contribution in [0, 0.1) is 6.92 Å². The molecular weight excluding hydrogens is 208 g/mol. The Bertz CT molecular complexity index is 370. The topological polar surface area (TPSA) is 53.4 Å². The van der Waals surface area contributed by atoms with E-state index >= 15 is 0 Å². The molecule has 5 heteroatoms. The van der Waals surface area contributed by atoms with Gasteiger partial charge in [0, 0.05) is 19.3 Å². The summed E-state index contributed by atoms with van der Waals surface area (Å²) in [5.74, 6) is 0. The van der Waals surface area contributed by atoms with Gasteiger partial charge in [0.2, 0.25) is 0 Å². The van der Waals surface area contributed by atoms with E-state index in [1.165, 1.54) is 10.7 Å². The first kappa shape index (κ1) is 12.9. The predicted molar refractivity (Wildman–Crippen MR) is 60.3 cm³/mol. The standard InChI is InChI=1S/C11H18N2O3/c1-4-15-11(16-5-2)8-13-10(14)7-6-9(3)12-13/h6-7,11H,4-5,8H2,1-3H3. The highest BCUT2D eigenvalue weighted by Gasteiger charge is 2.10. The van der Waals surface area contributed by atoms with Crippen molar-refractivity contribution in [2.75, 3.05) is 13.2 Å². The van der Waals surface area contributed by atoms with Crippen LogP contribution in [-0.4, -0.2) is 29.3 Å². The summed E-state index contributed by atoms with van der Waals surface area (Å²) in [6.45, 7) is 7.03. The zero-order valence-electron chi connectivity index (χ0n) is 9.97. The summed E-state index contributed by atoms with van der Waals surface area (Å²) in [5, 5.41) is 4.12. The zero-order valence-corrected chi connectivity index (χ0v) is 9.97. The van der Waals surface area contributed by atoms with Gasteiger partial charge in [-0.2, -0.15) is 5.10 Å². The van der Waals surface area contributed by atoms with Gasteiger partial charge in [0.15, 0.2) is 6.29 Å². The molecule has 0 N–H and O–H groups in total. The number of nitrogens with zero attached hydrogens (tertiary/aromatic N) is 2. The third kappa shape index (κ3) is 3.75. The number of aryl methyl sites for hydroxylation is 1. The van der Waals surface area contributed by atoms with Crippen molar-refractivity contribution in [3.63, 3.8) is 0 Å². The molecule has 16 heavy (non-hydrogen) atoms. The molecule has 1 rings (SSSR count). The molecule has 1 aromatic heterocycles. The van der Waals surface area contributed by atoms with Crippen LogP contribution in [0.15, 0.2) is 16.9 Å². The molecule has 0 amide bonds. The van der Waals surface area contributed by atoms with Gasteiger partial charge in [-0.25, -0.2) is 4.68 Å². The minimum absolute atomic E-state index is 0.144. The Morgan fingerprint density at radius 1 is 1.31 bits per heavy atom. The monoisotopic (exact) mass is 226 g/mol. The molecule has 5 nitrogen and oxygen atoms in total. The number of hydrogen-bond acceptors (Lipinski definition) is 4. The lowest BCUT2D eigenvalue weighted by Crippen LogP contribution is -2.31. The first-order valence-corrected chi connectivity index (χ1v) is 5.45. The van der Waals surface area contributed by atoms with Crippen LogP contribution in [0.1, 0.15) is 19.5 Å². The largest absolute Gasteiger partial charge is 0.351 e. The van der Waals surface area contributed by atoms with Crippen LogP contribution in [0.25, 0.3) is 0 Å². The summed E-state index contributed by atoms with van der Waals surface area (Å²) < 4.78 is 12.1. The molecule has 0 radical (unpaired) electrons. The van der Waals surface area contributed by atoms with Crippen LogP contribution in [-0.2, 0) is 16.0 Å². The lowest BCUT2D eigenvalue weighted by Gasteiger charge is -2.17. The summed E-state index contributed by atoms with van der Waals surface area (Å²) in [5.41, 5.74) is 0.654. The van der Waals surface area contributed by atoms with E-state index in [1.807, 2.05) is 20.8 Å². The van der Waals surface area contributed by atoms with Crippen LogP contribution >= 0.6 is 0 Å². The highest BCUT2D eigenvalue weighted by Crippen LogP contribution is 1.98. The van der Waals surface area contributed by atoms with Gasteiger partial charge in [0.05, 0.1) is 12.2 Å². The molecule has 0 aromatic carbocycles. The van der Waals surface area contributed by atoms with Crippen LogP contribution in [0.5, 0.6) is 0 Å². The highest BCUT2D eigenvalue weighted by molar-refractivity contribution is 4.97. The Labute approximate surface area is 95.0 Å². The number of rotatable bonds is 6. The summed E-state index contributed by atoms with van der Waals surface area (Å²) in [7, 11) is 0. The Balaban J connectivity index is 2.75. The molecule has 0 bridgehead atoms. The molecular formula is C11H18N2O3. The number of aromatic nitrogens is 2. The molecule has 0 atom stereocenters. The van der Waals surface area contributed by atoms with Gasteiger partial charge in [-0.05, 0) is 26.8 Å². The molecule has 0 spiro atoms. The maximum Gasteiger partial charge on any atom is 0.266 e. The summed E-state index contributed by atoms with van der Waals surface area (Å²) in [4.78, 5) is 11.5. The first-order valence-electron chi connectivity index (χ1n) is 5.45. The van der Waals surface area contributed by atoms with E-state index in [0.717, 1.165) is 5.69 Å². The second kappa shape index (κ2) is 6.40. The average Bonchev–Trinajstić information content (AvgIpc) is 2.24. The van der Waals surface area contributed by atoms with E-state index in [-0.39, 0.29) is 5.56 Å². The molecule has 0 aliphatic carbocycles. The minimum atomic E-state index is -0.415. The van der Waals surface area contributed by atoms with Crippen molar-refractivity contribution < 1.29 is 9.47 Å². The van der Waals surface area contributed by atoms with E-state index in [9.17, 15) is 4.79 Å². The molecule has 90 valence electrons. The normalized spacial score (nSPS) is 11.0. The summed E-state index contributed by atoms with van der Waals surface area (Å²) in [6.07, 6.45) is -0.415. The van der Waals surface area contributed by atoms with Crippen molar-refractivity contribution in [1.82, 2.24) is 9.78 Å². The van der Waals surface area contributed by atoms with Crippen molar-refractivity contribution in [3.05, 3.63) is 28.2 Å². The Morgan fingerprint density at radius 3 is 2.50 bits per heavy atom. The predicted octanol–water partition coefficient (Wildman–Crippen LogP) is 0.951. The van der Waals surface area contributed by atoms with E-state index in [1.54, 1.807) is 6.07 Å². The average molecular weight is 226 g/mol. The van der Waals surface area contributed by atoms with Crippen molar-refractivity contribution in [2.24, 2.45) is 0 Å². The number of ether oxygens (including phenoxy) is 2. The van der Waals surface area contributed by atoms with E-state index in [0.29, 0.717) is 19.8 Å². The van der Waals surface area contributed by atoms with E-state index in [4.69, 9.17) is 9.47 Å². The lowest BCUT2D eigenvalue weighted by atomic mass is 10.4. The molecule has 0 aliphatic heterocycles. The summed E-state index contributed by atoms with van der Waals surface area (Å²) >= 11 is 0. The molecule has 1 aromatic rings. The third-order valence-electron chi connectivity index (χ3n) is 2.03. The van der Waals surface area contributed by atoms with Crippen LogP contribution < -0.4 is 5.56 Å². The van der Waals surface area contributed by atoms with E-state index < -0.39 is 6.29 Å². The minimum Gasteiger partial charge on any atom is -0.351 e. The van der Waals surface area contributed by atoms with Gasteiger partial charge in [-0.3, -0.25) is 4.79 Å². The third-order valence-corrected chi connectivity index (χ3v) is 2.03. The Morgan fingerprint density at radius 2 is 1.94 bits per heavy atom. The van der Waals surface area contributed by atoms with Gasteiger partial charge in [0.1, 0.15) is 0 Å². The first-order chi connectivity index (χ1) is 7.67. The maximum atomic E-state index is 11.5. The van der Waals surface area contributed by atoms with Crippen LogP contribution in [0.2, 0.25) is 0 Å². The molecule has 0 saturated heterocycles. The van der Waals surface area contributed by atoms with Crippen molar-refractivity contribution in [3.8, 4) is 0 Å². The molecule has 0 unspecified atom stereocenters. The molecule has 1 heterocycles. The molecule has 0 saturated carbocycles. The van der Waals surface area contributed by atoms with Gasteiger partial charge in [-0.1, -0.05) is 0 Å². The SMILES string of the molecule is CCOC(Cn1nc(C)ccc1=O)OCC. The van der Waals surface area contributed by atoms with Crippen molar-refractivity contribution >= 4 is 0 Å². The molecule has 0 fully saturated rings. The fourth-order valence-electron chi connectivity index (χ4n) is 1.35. The van der Waals surface area contributed by atoms with Crippen LogP contribution in [0.3, 0.4) is 0 Å². The van der Waals surface area contributed by atoms with Gasteiger partial charge < -0.3 is 9.47 Å². The van der Waals surface area contributed by atoms with Gasteiger partial charge >= 0.3 is 0 Å². The summed E-state index contributed by atoms with van der Waals surface area (Å²) in [6, 6.07) is 3.19. The fourth-order valence-corrected chi connectivity index (χ4v) is 1.35. The smallest absolute Gasteiger partial charge is 0.266 e. The van der Waals surface area contributed by atoms with E-state index in [2.05, 4.69) is 5.10 Å². The zero-order chi connectivity index (χ0) is 12.0. The fraction of sp³-hybridized carbons (Fsp3) is 0.636. The molecule has 0 aliphatic rings. The second-order valence-electron chi connectivity index (χ2n) is 3.34. The maximum absolute atomic E-state index is 11.5. The second-order valence-corrected chi connectivity index (χ2v) is 3.34. The number of hydrogen-bond donors (Lipinski definition) is 0. The van der Waals surface area contributed by atoms with Gasteiger partial charge in [-0.15, -0.1) is 0 Å². The van der Waals surface area contributed by atoms with Crippen molar-refractivity contribution in [1.29, 1.82) is 0 Å². The van der Waals surface area contributed by atoms with Crippen LogP contribution in [0.4, 0.5) is 0 Å². The lowest BCUT2D eigenvalue weighted by molar-refractivity contribution is -0.145. The Hall–Kier alpha value is -1.20. The van der Waals surface area contributed by atoms with Gasteiger partial charge in [0.25, 0.3) is 5.56 Å². The van der Waals surface area contributed by atoms with Crippen molar-refractivity contribution in [2.45, 2.75) is 33.6 Å². The quantitative estimate of drug-likeness (QED) is 0.678. The Kier molecular flexibility index (Phi) is 5.14.